The summed E-state index contributed by atoms with van der Waals surface area (Å²) in [5, 5.41) is 6.64. The number of para-hydroxylation sites is 1. The van der Waals surface area contributed by atoms with Gasteiger partial charge in [-0.3, -0.25) is 4.99 Å². The van der Waals surface area contributed by atoms with Gasteiger partial charge < -0.3 is 24.8 Å². The quantitative estimate of drug-likeness (QED) is 0.367. The average Bonchev–Trinajstić information content (AvgIpc) is 2.63. The van der Waals surface area contributed by atoms with Gasteiger partial charge >= 0.3 is 0 Å². The van der Waals surface area contributed by atoms with Crippen LogP contribution in [0.4, 0.5) is 0 Å². The third-order valence-electron chi connectivity index (χ3n) is 3.66. The number of methoxy groups -OCH3 is 2. The monoisotopic (exact) mass is 337 g/mol. The van der Waals surface area contributed by atoms with Crippen molar-refractivity contribution in [3.8, 4) is 5.75 Å². The van der Waals surface area contributed by atoms with Crippen molar-refractivity contribution >= 4 is 5.96 Å². The molecular weight excluding hydrogens is 306 g/mol. The number of nitrogens with zero attached hydrogens (tertiary/aromatic N) is 1. The molecule has 0 saturated heterocycles. The number of nitrogens with one attached hydrogen (secondary N) is 2. The smallest absolute Gasteiger partial charge is 0.190 e. The van der Waals surface area contributed by atoms with E-state index in [1.165, 1.54) is 5.56 Å². The van der Waals surface area contributed by atoms with E-state index in [1.54, 1.807) is 21.3 Å². The van der Waals surface area contributed by atoms with Gasteiger partial charge in [0.05, 0.1) is 20.3 Å². The maximum atomic E-state index is 5.43. The number of ether oxygens (including phenoxy) is 3. The molecular formula is C18H31N3O3. The molecule has 0 aromatic heterocycles. The van der Waals surface area contributed by atoms with Crippen LogP contribution < -0.4 is 15.4 Å². The third kappa shape index (κ3) is 7.66. The highest BCUT2D eigenvalue weighted by Gasteiger charge is 2.11. The van der Waals surface area contributed by atoms with Gasteiger partial charge in [-0.2, -0.15) is 0 Å². The molecule has 136 valence electrons. The SMILES string of the molecule is CN=C(NCCCOCCOC)NCC(C)c1ccccc1OC. The van der Waals surface area contributed by atoms with Crippen LogP contribution in [0.2, 0.25) is 0 Å². The Morgan fingerprint density at radius 1 is 1.12 bits per heavy atom. The molecule has 0 amide bonds. The highest BCUT2D eigenvalue weighted by atomic mass is 16.5. The van der Waals surface area contributed by atoms with Crippen molar-refractivity contribution in [1.29, 1.82) is 0 Å². The van der Waals surface area contributed by atoms with Crippen molar-refractivity contribution in [2.75, 3.05) is 54.2 Å². The Labute approximate surface area is 145 Å². The molecule has 0 spiro atoms. The van der Waals surface area contributed by atoms with E-state index < -0.39 is 0 Å². The Balaban J connectivity index is 2.28. The first-order valence-corrected chi connectivity index (χ1v) is 8.37. The summed E-state index contributed by atoms with van der Waals surface area (Å²) < 4.78 is 15.8. The molecule has 0 aliphatic carbocycles. The highest BCUT2D eigenvalue weighted by molar-refractivity contribution is 5.79. The number of guanidine groups is 1. The maximum absolute atomic E-state index is 5.43. The van der Waals surface area contributed by atoms with Crippen LogP contribution in [0.1, 0.15) is 24.8 Å². The van der Waals surface area contributed by atoms with Crippen LogP contribution in [0.5, 0.6) is 5.75 Å². The molecule has 1 unspecified atom stereocenters. The summed E-state index contributed by atoms with van der Waals surface area (Å²) in [6.07, 6.45) is 0.923. The standard InChI is InChI=1S/C18H31N3O3/c1-15(16-8-5-6-9-17(16)23-4)14-21-18(19-2)20-10-7-11-24-13-12-22-3/h5-6,8-9,15H,7,10-14H2,1-4H3,(H2,19,20,21). The fourth-order valence-electron chi connectivity index (χ4n) is 2.28. The van der Waals surface area contributed by atoms with Crippen LogP contribution in [0.15, 0.2) is 29.3 Å². The number of hydrogen-bond donors (Lipinski definition) is 2. The fourth-order valence-corrected chi connectivity index (χ4v) is 2.28. The largest absolute Gasteiger partial charge is 0.496 e. The second-order valence-electron chi connectivity index (χ2n) is 5.48. The van der Waals surface area contributed by atoms with Crippen LogP contribution >= 0.6 is 0 Å². The van der Waals surface area contributed by atoms with Gasteiger partial charge in [-0.05, 0) is 18.1 Å². The normalized spacial score (nSPS) is 12.8. The molecule has 6 heteroatoms. The van der Waals surface area contributed by atoms with E-state index in [1.807, 2.05) is 18.2 Å². The van der Waals surface area contributed by atoms with E-state index >= 15 is 0 Å². The number of aliphatic imine (C=N–C) groups is 1. The molecule has 6 nitrogen and oxygen atoms in total. The Morgan fingerprint density at radius 3 is 2.62 bits per heavy atom. The lowest BCUT2D eigenvalue weighted by molar-refractivity contribution is 0.0698. The van der Waals surface area contributed by atoms with Crippen LogP contribution in [-0.4, -0.2) is 60.1 Å². The molecule has 0 aliphatic rings. The van der Waals surface area contributed by atoms with E-state index in [0.29, 0.717) is 25.7 Å². The fraction of sp³-hybridized carbons (Fsp3) is 0.611. The number of rotatable bonds is 11. The molecule has 24 heavy (non-hydrogen) atoms. The third-order valence-corrected chi connectivity index (χ3v) is 3.66. The molecule has 0 bridgehead atoms. The summed E-state index contributed by atoms with van der Waals surface area (Å²) in [6, 6.07) is 8.10. The van der Waals surface area contributed by atoms with E-state index in [2.05, 4.69) is 28.6 Å². The van der Waals surface area contributed by atoms with E-state index in [9.17, 15) is 0 Å². The first-order chi connectivity index (χ1) is 11.7. The van der Waals surface area contributed by atoms with Crippen molar-refractivity contribution < 1.29 is 14.2 Å². The molecule has 1 aromatic rings. The van der Waals surface area contributed by atoms with Crippen molar-refractivity contribution in [3.63, 3.8) is 0 Å². The average molecular weight is 337 g/mol. The highest BCUT2D eigenvalue weighted by Crippen LogP contribution is 2.25. The molecule has 1 atom stereocenters. The lowest BCUT2D eigenvalue weighted by Crippen LogP contribution is -2.39. The van der Waals surface area contributed by atoms with Gasteiger partial charge in [-0.15, -0.1) is 0 Å². The summed E-state index contributed by atoms with van der Waals surface area (Å²) in [5.74, 6) is 2.04. The van der Waals surface area contributed by atoms with Gasteiger partial charge in [0, 0.05) is 39.8 Å². The Hall–Kier alpha value is -1.79. The molecule has 1 aromatic carbocycles. The topological polar surface area (TPSA) is 64.1 Å². The van der Waals surface area contributed by atoms with Gasteiger partial charge in [0.2, 0.25) is 0 Å². The molecule has 0 saturated carbocycles. The number of hydrogen-bond acceptors (Lipinski definition) is 4. The van der Waals surface area contributed by atoms with Crippen LogP contribution in [0.3, 0.4) is 0 Å². The molecule has 2 N–H and O–H groups in total. The van der Waals surface area contributed by atoms with Crippen molar-refractivity contribution in [2.45, 2.75) is 19.3 Å². The second-order valence-corrected chi connectivity index (χ2v) is 5.48. The Kier molecular flexibility index (Phi) is 10.6. The Morgan fingerprint density at radius 2 is 1.92 bits per heavy atom. The summed E-state index contributed by atoms with van der Waals surface area (Å²) >= 11 is 0. The van der Waals surface area contributed by atoms with Gasteiger partial charge in [-0.25, -0.2) is 0 Å². The molecule has 1 rings (SSSR count). The van der Waals surface area contributed by atoms with Crippen LogP contribution in [0, 0.1) is 0 Å². The van der Waals surface area contributed by atoms with Gasteiger partial charge in [0.1, 0.15) is 5.75 Å². The minimum absolute atomic E-state index is 0.317. The van der Waals surface area contributed by atoms with E-state index in [-0.39, 0.29) is 0 Å². The minimum Gasteiger partial charge on any atom is -0.496 e. The Bertz CT molecular complexity index is 480. The summed E-state index contributed by atoms with van der Waals surface area (Å²) in [5.41, 5.74) is 1.19. The summed E-state index contributed by atoms with van der Waals surface area (Å²) in [7, 11) is 5.15. The molecule has 0 heterocycles. The summed E-state index contributed by atoms with van der Waals surface area (Å²) in [6.45, 7) is 5.75. The molecule has 0 radical (unpaired) electrons. The predicted octanol–water partition coefficient (Wildman–Crippen LogP) is 2.02. The van der Waals surface area contributed by atoms with Gasteiger partial charge in [0.25, 0.3) is 0 Å². The minimum atomic E-state index is 0.317. The molecule has 0 aliphatic heterocycles. The van der Waals surface area contributed by atoms with Crippen molar-refractivity contribution in [1.82, 2.24) is 10.6 Å². The lowest BCUT2D eigenvalue weighted by Gasteiger charge is -2.18. The van der Waals surface area contributed by atoms with E-state index in [0.717, 1.165) is 31.2 Å². The van der Waals surface area contributed by atoms with E-state index in [4.69, 9.17) is 14.2 Å². The maximum Gasteiger partial charge on any atom is 0.190 e. The van der Waals surface area contributed by atoms with Crippen LogP contribution in [-0.2, 0) is 9.47 Å². The lowest BCUT2D eigenvalue weighted by atomic mass is 10.0. The number of benzene rings is 1. The first-order valence-electron chi connectivity index (χ1n) is 8.37. The zero-order chi connectivity index (χ0) is 17.6. The van der Waals surface area contributed by atoms with Gasteiger partial charge in [0.15, 0.2) is 5.96 Å². The molecule has 0 fully saturated rings. The van der Waals surface area contributed by atoms with Gasteiger partial charge in [-0.1, -0.05) is 25.1 Å². The zero-order valence-corrected chi connectivity index (χ0v) is 15.3. The predicted molar refractivity (Wildman–Crippen MR) is 98.1 cm³/mol. The summed E-state index contributed by atoms with van der Waals surface area (Å²) in [4.78, 5) is 4.25. The van der Waals surface area contributed by atoms with Crippen molar-refractivity contribution in [3.05, 3.63) is 29.8 Å². The first kappa shape index (κ1) is 20.3. The van der Waals surface area contributed by atoms with Crippen molar-refractivity contribution in [2.24, 2.45) is 4.99 Å². The van der Waals surface area contributed by atoms with Crippen LogP contribution in [0.25, 0.3) is 0 Å². The zero-order valence-electron chi connectivity index (χ0n) is 15.3. The second kappa shape index (κ2) is 12.6.